The lowest BCUT2D eigenvalue weighted by atomic mass is 9.94. The van der Waals surface area contributed by atoms with Gasteiger partial charge in [0, 0.05) is 47.9 Å². The van der Waals surface area contributed by atoms with Crippen molar-refractivity contribution in [2.45, 2.75) is 12.5 Å². The molecule has 0 radical (unpaired) electrons. The van der Waals surface area contributed by atoms with Crippen LogP contribution < -0.4 is 0 Å². The number of para-hydroxylation sites is 1. The van der Waals surface area contributed by atoms with Crippen LogP contribution in [-0.4, -0.2) is 50.3 Å². The maximum Gasteiger partial charge on any atom is 0.253 e. The summed E-state index contributed by atoms with van der Waals surface area (Å²) in [5.41, 5.74) is 4.60. The number of amides is 1. The van der Waals surface area contributed by atoms with Crippen LogP contribution in [0.3, 0.4) is 0 Å². The third-order valence-electron chi connectivity index (χ3n) is 5.86. The number of benzene rings is 2. The highest BCUT2D eigenvalue weighted by molar-refractivity contribution is 5.95. The third-order valence-corrected chi connectivity index (χ3v) is 5.86. The van der Waals surface area contributed by atoms with E-state index in [2.05, 4.69) is 21.2 Å². The van der Waals surface area contributed by atoms with Gasteiger partial charge in [0.15, 0.2) is 0 Å². The van der Waals surface area contributed by atoms with Gasteiger partial charge in [-0.2, -0.15) is 5.10 Å². The number of fused-ring (bicyclic) bond motifs is 1. The Morgan fingerprint density at radius 2 is 2.00 bits per heavy atom. The summed E-state index contributed by atoms with van der Waals surface area (Å²) in [7, 11) is 0. The van der Waals surface area contributed by atoms with E-state index in [0.717, 1.165) is 27.6 Å². The van der Waals surface area contributed by atoms with E-state index in [9.17, 15) is 9.90 Å². The van der Waals surface area contributed by atoms with Crippen molar-refractivity contribution in [1.82, 2.24) is 20.1 Å². The fourth-order valence-electron chi connectivity index (χ4n) is 4.26. The molecule has 0 unspecified atom stereocenters. The number of carbonyl (C=O) groups excluding carboxylic acids is 1. The first-order valence-electron chi connectivity index (χ1n) is 10.1. The van der Waals surface area contributed by atoms with Crippen molar-refractivity contribution in [3.05, 3.63) is 84.3 Å². The molecule has 6 heteroatoms. The molecule has 2 aromatic heterocycles. The molecule has 2 aromatic carbocycles. The number of aromatic amines is 1. The number of nitrogens with zero attached hydrogens (tertiary/aromatic N) is 3. The molecule has 0 saturated carbocycles. The summed E-state index contributed by atoms with van der Waals surface area (Å²) in [4.78, 5) is 19.3. The first-order chi connectivity index (χ1) is 14.7. The van der Waals surface area contributed by atoms with Crippen LogP contribution in [0.5, 0.6) is 0 Å². The number of rotatable bonds is 4. The van der Waals surface area contributed by atoms with E-state index in [1.165, 1.54) is 0 Å². The zero-order chi connectivity index (χ0) is 20.5. The summed E-state index contributed by atoms with van der Waals surface area (Å²) < 4.78 is 0. The third kappa shape index (κ3) is 3.46. The van der Waals surface area contributed by atoms with Crippen molar-refractivity contribution in [3.8, 4) is 11.1 Å². The van der Waals surface area contributed by atoms with Gasteiger partial charge in [-0.1, -0.05) is 30.3 Å². The molecule has 3 heterocycles. The molecule has 1 aliphatic heterocycles. The maximum atomic E-state index is 13.1. The molecule has 0 aliphatic carbocycles. The first kappa shape index (κ1) is 18.5. The number of hydrogen-bond acceptors (Lipinski definition) is 4. The van der Waals surface area contributed by atoms with Gasteiger partial charge in [0.2, 0.25) is 0 Å². The number of aliphatic hydroxyl groups is 1. The number of β-amino-alcohol motifs (C(OH)–C–C–N with tert-alkyl or cyclic N) is 1. The molecule has 30 heavy (non-hydrogen) atoms. The molecule has 2 atom stereocenters. The van der Waals surface area contributed by atoms with Crippen LogP contribution in [0.1, 0.15) is 15.9 Å². The number of H-pyrrole nitrogens is 1. The molecule has 1 fully saturated rings. The highest BCUT2D eigenvalue weighted by Gasteiger charge is 2.34. The highest BCUT2D eigenvalue weighted by atomic mass is 16.3. The van der Waals surface area contributed by atoms with Gasteiger partial charge in [-0.15, -0.1) is 0 Å². The SMILES string of the molecule is O=C(c1cccc(-c2cn[nH]c2)c1)N1C[C@@H](Cc2ccnc3ccccc23)[C@@H](O)C1. The molecule has 0 spiro atoms. The fraction of sp³-hybridized carbons (Fsp3) is 0.208. The Morgan fingerprint density at radius 3 is 2.87 bits per heavy atom. The van der Waals surface area contributed by atoms with Gasteiger partial charge in [-0.3, -0.25) is 14.9 Å². The molecule has 6 nitrogen and oxygen atoms in total. The lowest BCUT2D eigenvalue weighted by molar-refractivity contribution is 0.0764. The van der Waals surface area contributed by atoms with Crippen molar-refractivity contribution in [1.29, 1.82) is 0 Å². The Kier molecular flexibility index (Phi) is 4.77. The zero-order valence-electron chi connectivity index (χ0n) is 16.4. The van der Waals surface area contributed by atoms with Gasteiger partial charge in [-0.05, 0) is 41.8 Å². The van der Waals surface area contributed by atoms with Crippen molar-refractivity contribution >= 4 is 16.8 Å². The molecule has 2 N–H and O–H groups in total. The van der Waals surface area contributed by atoms with E-state index >= 15 is 0 Å². The average Bonchev–Trinajstić information content (AvgIpc) is 3.44. The van der Waals surface area contributed by atoms with Crippen LogP contribution in [0.2, 0.25) is 0 Å². The molecule has 1 saturated heterocycles. The molecule has 1 aliphatic rings. The van der Waals surface area contributed by atoms with Crippen molar-refractivity contribution in [2.24, 2.45) is 5.92 Å². The summed E-state index contributed by atoms with van der Waals surface area (Å²) in [5.74, 6) is -0.0571. The van der Waals surface area contributed by atoms with Gasteiger partial charge in [0.1, 0.15) is 0 Å². The quantitative estimate of drug-likeness (QED) is 0.553. The normalized spacial score (nSPS) is 18.8. The number of aromatic nitrogens is 3. The van der Waals surface area contributed by atoms with E-state index in [4.69, 9.17) is 0 Å². The standard InChI is InChI=1S/C24H22N4O2/c29-23-15-28(24(30)18-5-3-4-16(10-18)20-12-26-27-13-20)14-19(23)11-17-8-9-25-22-7-2-1-6-21(17)22/h1-10,12-13,19,23,29H,11,14-15H2,(H,26,27)/t19-,23+/m1/s1. The lowest BCUT2D eigenvalue weighted by Crippen LogP contribution is -2.29. The highest BCUT2D eigenvalue weighted by Crippen LogP contribution is 2.27. The molecule has 5 rings (SSSR count). The summed E-state index contributed by atoms with van der Waals surface area (Å²) >= 11 is 0. The Hall–Kier alpha value is -3.51. The largest absolute Gasteiger partial charge is 0.391 e. The predicted molar refractivity (Wildman–Crippen MR) is 115 cm³/mol. The van der Waals surface area contributed by atoms with Crippen LogP contribution in [0.15, 0.2) is 73.2 Å². The Morgan fingerprint density at radius 1 is 1.10 bits per heavy atom. The predicted octanol–water partition coefficient (Wildman–Crippen LogP) is 3.30. The summed E-state index contributed by atoms with van der Waals surface area (Å²) in [6.45, 7) is 0.884. The van der Waals surface area contributed by atoms with Crippen molar-refractivity contribution < 1.29 is 9.90 Å². The number of aliphatic hydroxyl groups excluding tert-OH is 1. The second kappa shape index (κ2) is 7.72. The zero-order valence-corrected chi connectivity index (χ0v) is 16.4. The smallest absolute Gasteiger partial charge is 0.253 e. The Balaban J connectivity index is 1.34. The van der Waals surface area contributed by atoms with Gasteiger partial charge in [0.05, 0.1) is 17.8 Å². The second-order valence-corrected chi connectivity index (χ2v) is 7.80. The van der Waals surface area contributed by atoms with E-state index in [-0.39, 0.29) is 11.8 Å². The molecular formula is C24H22N4O2. The minimum Gasteiger partial charge on any atom is -0.391 e. The number of nitrogens with one attached hydrogen (secondary N) is 1. The van der Waals surface area contributed by atoms with E-state index < -0.39 is 6.10 Å². The number of likely N-dealkylation sites (tertiary alicyclic amines) is 1. The van der Waals surface area contributed by atoms with Gasteiger partial charge >= 0.3 is 0 Å². The second-order valence-electron chi connectivity index (χ2n) is 7.80. The molecule has 4 aromatic rings. The number of pyridine rings is 1. The molecule has 150 valence electrons. The molecule has 0 bridgehead atoms. The van der Waals surface area contributed by atoms with E-state index in [1.54, 1.807) is 17.3 Å². The number of hydrogen-bond donors (Lipinski definition) is 2. The van der Waals surface area contributed by atoms with Crippen molar-refractivity contribution in [3.63, 3.8) is 0 Å². The Bertz CT molecular complexity index is 1180. The van der Waals surface area contributed by atoms with Gasteiger partial charge < -0.3 is 10.0 Å². The van der Waals surface area contributed by atoms with E-state index in [1.807, 2.05) is 54.7 Å². The van der Waals surface area contributed by atoms with Crippen LogP contribution in [0.4, 0.5) is 0 Å². The monoisotopic (exact) mass is 398 g/mol. The minimum atomic E-state index is -0.544. The molecule has 1 amide bonds. The summed E-state index contributed by atoms with van der Waals surface area (Å²) in [5, 5.41) is 18.5. The fourth-order valence-corrected chi connectivity index (χ4v) is 4.26. The average molecular weight is 398 g/mol. The Labute approximate surface area is 174 Å². The van der Waals surface area contributed by atoms with Crippen LogP contribution in [0, 0.1) is 5.92 Å². The number of carbonyl (C=O) groups is 1. The first-order valence-corrected chi connectivity index (χ1v) is 10.1. The molecular weight excluding hydrogens is 376 g/mol. The van der Waals surface area contributed by atoms with Crippen LogP contribution in [0.25, 0.3) is 22.0 Å². The summed E-state index contributed by atoms with van der Waals surface area (Å²) in [6, 6.07) is 17.6. The van der Waals surface area contributed by atoms with E-state index in [0.29, 0.717) is 25.1 Å². The van der Waals surface area contributed by atoms with Crippen LogP contribution in [-0.2, 0) is 6.42 Å². The minimum absolute atomic E-state index is 0.00295. The summed E-state index contributed by atoms with van der Waals surface area (Å²) in [6.07, 6.45) is 5.51. The lowest BCUT2D eigenvalue weighted by Gasteiger charge is -2.17. The van der Waals surface area contributed by atoms with Gasteiger partial charge in [-0.25, -0.2) is 0 Å². The maximum absolute atomic E-state index is 13.1. The topological polar surface area (TPSA) is 82.1 Å². The van der Waals surface area contributed by atoms with Crippen molar-refractivity contribution in [2.75, 3.05) is 13.1 Å². The van der Waals surface area contributed by atoms with Gasteiger partial charge in [0.25, 0.3) is 5.91 Å². The van der Waals surface area contributed by atoms with Crippen LogP contribution >= 0.6 is 0 Å².